The molecule has 61 heavy (non-hydrogen) atoms. The van der Waals surface area contributed by atoms with Crippen LogP contribution in [-0.4, -0.2) is 159 Å². The molecule has 2 fully saturated rings. The standard InChI is InChI=1S/C39H40O22/c40-17-4-1-15(2-5-17)3-6-28(46)55-13-25-31(49)34(52)36(54)39(61-25)59-24-11-19-22(57-37(24)16-7-20(42)30(48)21(43)8-16)9-18(41)10-23(19)58-38-35(53)33(51)32(50)26(60-38)14-56-29(47)12-27(44)45/h1-11,25-26,31-43,48-54H,12-14H2,(H,44,45)/p+1/t25?,26?,31-,32+,33-,34?,35?,36?,37?,38+,39+/m0/s1. The minimum Gasteiger partial charge on any atom is -0.571 e. The number of ether oxygens (including phenoxy) is 7. The number of esters is 2. The highest BCUT2D eigenvalue weighted by atomic mass is 16.7. The number of carboxylic acid groups (broad SMARTS) is 1. The van der Waals surface area contributed by atoms with Gasteiger partial charge in [-0.2, -0.15) is 0 Å². The fourth-order valence-electron chi connectivity index (χ4n) is 6.37. The lowest BCUT2D eigenvalue weighted by molar-refractivity contribution is -0.296. The topological polar surface area (TPSA) is 362 Å². The second-order valence-electron chi connectivity index (χ2n) is 13.9. The molecule has 0 amide bonds. The minimum absolute atomic E-state index is 0.00578. The molecule has 0 aromatic heterocycles. The van der Waals surface area contributed by atoms with Crippen LogP contribution < -0.4 is 4.74 Å². The van der Waals surface area contributed by atoms with Crippen LogP contribution in [-0.2, 0) is 38.1 Å². The molecule has 0 aliphatic carbocycles. The number of hydrogen-bond donors (Lipinski definition) is 12. The van der Waals surface area contributed by atoms with Gasteiger partial charge in [-0.15, -0.1) is 0 Å². The Morgan fingerprint density at radius 3 is 1.85 bits per heavy atom. The summed E-state index contributed by atoms with van der Waals surface area (Å²) in [4.78, 5) is 35.2. The molecule has 3 aliphatic rings. The fraction of sp³-hybridized carbons (Fsp3) is 0.359. The third kappa shape index (κ3) is 10.2. The number of rotatable bonds is 13. The highest BCUT2D eigenvalue weighted by molar-refractivity contribution is 5.90. The van der Waals surface area contributed by atoms with Crippen LogP contribution in [0.1, 0.15) is 29.2 Å². The molecule has 3 heterocycles. The number of aliphatic hydroxyl groups excluding tert-OH is 6. The molecule has 3 aromatic rings. The summed E-state index contributed by atoms with van der Waals surface area (Å²) >= 11 is 0. The zero-order valence-corrected chi connectivity index (χ0v) is 31.3. The molecule has 3 aromatic carbocycles. The summed E-state index contributed by atoms with van der Waals surface area (Å²) in [6.45, 7) is -1.45. The highest BCUT2D eigenvalue weighted by Gasteiger charge is 2.49. The maximum atomic E-state index is 12.5. The Labute approximate surface area is 343 Å². The van der Waals surface area contributed by atoms with Gasteiger partial charge in [-0.3, -0.25) is 9.59 Å². The van der Waals surface area contributed by atoms with Crippen LogP contribution in [0.3, 0.4) is 0 Å². The summed E-state index contributed by atoms with van der Waals surface area (Å²) in [6.07, 6.45) is -17.2. The van der Waals surface area contributed by atoms with E-state index in [-0.39, 0.29) is 34.1 Å². The SMILES string of the molecule is O=C(O)CC(=O)OCC1O[C@@H](Oc2cc(O)cc3c2C=C(O[C@@H]2OC(COC(=O)C=Cc4ccc(O)cc4)[C@H](O)C(O)C2O)C(c2cc(O)c(O)c(O)c2)[OH+]3)C(O)[C@@H](O)[C@@H]1O. The van der Waals surface area contributed by atoms with E-state index in [1.54, 1.807) is 0 Å². The van der Waals surface area contributed by atoms with Crippen molar-refractivity contribution >= 4 is 30.1 Å². The molecule has 13 N–H and O–H groups in total. The lowest BCUT2D eigenvalue weighted by Crippen LogP contribution is -2.60. The molecule has 0 saturated carbocycles. The molecule has 6 rings (SSSR count). The first kappa shape index (κ1) is 44.2. The summed E-state index contributed by atoms with van der Waals surface area (Å²) < 4.78 is 37.8. The van der Waals surface area contributed by atoms with Gasteiger partial charge in [0.05, 0.1) is 11.6 Å². The molecular weight excluding hydrogens is 820 g/mol. The first-order valence-electron chi connectivity index (χ1n) is 18.2. The van der Waals surface area contributed by atoms with Gasteiger partial charge < -0.3 is 94.4 Å². The van der Waals surface area contributed by atoms with Gasteiger partial charge in [-0.25, -0.2) is 4.79 Å². The number of carbonyl (C=O) groups is 3. The second kappa shape index (κ2) is 18.5. The molecule has 0 radical (unpaired) electrons. The molecule has 3 aliphatic heterocycles. The first-order chi connectivity index (χ1) is 28.9. The van der Waals surface area contributed by atoms with Crippen molar-refractivity contribution in [3.05, 3.63) is 77.1 Å². The molecule has 2 saturated heterocycles. The van der Waals surface area contributed by atoms with Crippen LogP contribution in [0.2, 0.25) is 0 Å². The van der Waals surface area contributed by atoms with E-state index in [4.69, 9.17) is 33.5 Å². The third-order valence-electron chi connectivity index (χ3n) is 9.57. The van der Waals surface area contributed by atoms with Gasteiger partial charge in [0.1, 0.15) is 91.3 Å². The van der Waals surface area contributed by atoms with Crippen LogP contribution in [0.4, 0.5) is 0 Å². The van der Waals surface area contributed by atoms with Crippen LogP contribution in [0, 0.1) is 0 Å². The lowest BCUT2D eigenvalue weighted by atomic mass is 9.98. The number of phenols is 5. The predicted molar refractivity (Wildman–Crippen MR) is 198 cm³/mol. The molecule has 6 unspecified atom stereocenters. The van der Waals surface area contributed by atoms with E-state index in [1.165, 1.54) is 36.4 Å². The predicted octanol–water partition coefficient (Wildman–Crippen LogP) is -1.16. The molecule has 0 bridgehead atoms. The number of carboxylic acids is 1. The Kier molecular flexibility index (Phi) is 13.4. The van der Waals surface area contributed by atoms with Crippen molar-refractivity contribution < 1.29 is 109 Å². The van der Waals surface area contributed by atoms with Crippen molar-refractivity contribution in [2.75, 3.05) is 13.2 Å². The van der Waals surface area contributed by atoms with Gasteiger partial charge >= 0.3 is 17.9 Å². The lowest BCUT2D eigenvalue weighted by Gasteiger charge is -2.41. The average Bonchev–Trinajstić information content (AvgIpc) is 3.21. The molecule has 328 valence electrons. The van der Waals surface area contributed by atoms with E-state index >= 15 is 0 Å². The van der Waals surface area contributed by atoms with Gasteiger partial charge in [0.2, 0.25) is 12.6 Å². The van der Waals surface area contributed by atoms with Crippen LogP contribution in [0.5, 0.6) is 40.2 Å². The number of fused-ring (bicyclic) bond motifs is 1. The Morgan fingerprint density at radius 2 is 1.26 bits per heavy atom. The zero-order valence-electron chi connectivity index (χ0n) is 31.3. The van der Waals surface area contributed by atoms with Crippen molar-refractivity contribution in [2.45, 2.75) is 73.9 Å². The number of carbonyl (C=O) groups excluding carboxylic acids is 2. The van der Waals surface area contributed by atoms with Crippen molar-refractivity contribution in [3.63, 3.8) is 0 Å². The zero-order chi connectivity index (χ0) is 44.3. The minimum atomic E-state index is -1.99. The van der Waals surface area contributed by atoms with Gasteiger partial charge in [0.15, 0.2) is 23.0 Å². The van der Waals surface area contributed by atoms with Crippen molar-refractivity contribution in [1.29, 1.82) is 0 Å². The van der Waals surface area contributed by atoms with Gasteiger partial charge in [-0.05, 0) is 35.9 Å². The van der Waals surface area contributed by atoms with E-state index in [0.717, 1.165) is 30.3 Å². The maximum Gasteiger partial charge on any atom is 0.330 e. The molecule has 22 heteroatoms. The van der Waals surface area contributed by atoms with Crippen molar-refractivity contribution in [2.24, 2.45) is 0 Å². The largest absolute Gasteiger partial charge is 0.571 e. The van der Waals surface area contributed by atoms with Crippen molar-refractivity contribution in [1.82, 2.24) is 0 Å². The Hall–Kier alpha value is -6.37. The molecule has 11 atom stereocenters. The number of hydrogen-bond acceptors (Lipinski definition) is 20. The fourth-order valence-corrected chi connectivity index (χ4v) is 6.37. The second-order valence-corrected chi connectivity index (χ2v) is 13.9. The monoisotopic (exact) mass is 861 g/mol. The van der Waals surface area contributed by atoms with Gasteiger partial charge in [-0.1, -0.05) is 12.1 Å². The molecular formula is C39H41O22+. The number of phenolic OH excluding ortho intramolecular Hbond substituents is 5. The number of aromatic hydroxyl groups is 6. The van der Waals surface area contributed by atoms with E-state index in [2.05, 4.69) is 4.74 Å². The maximum absolute atomic E-state index is 12.5. The Morgan fingerprint density at radius 1 is 0.689 bits per heavy atom. The van der Waals surface area contributed by atoms with E-state index in [0.29, 0.717) is 5.56 Å². The van der Waals surface area contributed by atoms with Gasteiger partial charge in [0.25, 0.3) is 11.9 Å². The first-order valence-corrected chi connectivity index (χ1v) is 18.2. The average molecular weight is 862 g/mol. The summed E-state index contributed by atoms with van der Waals surface area (Å²) in [5, 5.41) is 124. The van der Waals surface area contributed by atoms with Crippen LogP contribution >= 0.6 is 0 Å². The molecule has 0 spiro atoms. The summed E-state index contributed by atoms with van der Waals surface area (Å²) in [6, 6.07) is 9.99. The quantitative estimate of drug-likeness (QED) is 0.0317. The summed E-state index contributed by atoms with van der Waals surface area (Å²) in [5.41, 5.74) is 0.418. The van der Waals surface area contributed by atoms with Crippen LogP contribution in [0.15, 0.2) is 60.4 Å². The highest BCUT2D eigenvalue weighted by Crippen LogP contribution is 2.48. The number of aliphatic carboxylic acids is 1. The van der Waals surface area contributed by atoms with E-state index in [1.807, 2.05) is 0 Å². The van der Waals surface area contributed by atoms with Crippen LogP contribution in [0.25, 0.3) is 12.2 Å². The van der Waals surface area contributed by atoms with E-state index in [9.17, 15) is 70.6 Å². The van der Waals surface area contributed by atoms with Crippen molar-refractivity contribution in [3.8, 4) is 40.2 Å². The summed E-state index contributed by atoms with van der Waals surface area (Å²) in [7, 11) is 0. The Balaban J connectivity index is 1.28. The Bertz CT molecular complexity index is 2130. The normalized spacial score (nSPS) is 28.5. The number of aliphatic hydroxyl groups is 7. The smallest absolute Gasteiger partial charge is 0.330 e. The summed E-state index contributed by atoms with van der Waals surface area (Å²) in [5.74, 6) is -7.29. The third-order valence-corrected chi connectivity index (χ3v) is 9.57. The number of benzene rings is 3. The molecule has 22 nitrogen and oxygen atoms in total. The van der Waals surface area contributed by atoms with Gasteiger partial charge in [0, 0.05) is 18.2 Å². The van der Waals surface area contributed by atoms with E-state index < -0.39 is 128 Å².